The fourth-order valence-electron chi connectivity index (χ4n) is 3.90. The second kappa shape index (κ2) is 9.27. The first-order chi connectivity index (χ1) is 11.0. The van der Waals surface area contributed by atoms with E-state index in [0.717, 1.165) is 25.8 Å². The highest BCUT2D eigenvalue weighted by atomic mass is 35.5. The van der Waals surface area contributed by atoms with Gasteiger partial charge in [-0.3, -0.25) is 4.79 Å². The molecule has 0 spiro atoms. The standard InChI is InChI=1S/C17H22N2O4.2ClH/c20-16(21)13-3-1-2-4-14(13)19-12-6-5-10-9-18-15(17(22)23)8-11(10)7-12;;/h1-4,10-12,15,18-19H,5-9H2,(H,20,21)(H,22,23);2*1H. The van der Waals surface area contributed by atoms with E-state index in [2.05, 4.69) is 10.6 Å². The number of nitrogens with one attached hydrogen (secondary N) is 2. The van der Waals surface area contributed by atoms with Crippen LogP contribution in [0.2, 0.25) is 0 Å². The number of para-hydroxylation sites is 1. The summed E-state index contributed by atoms with van der Waals surface area (Å²) in [5.74, 6) is -0.816. The third-order valence-corrected chi connectivity index (χ3v) is 5.12. The quantitative estimate of drug-likeness (QED) is 0.630. The Labute approximate surface area is 159 Å². The fourth-order valence-corrected chi connectivity index (χ4v) is 3.90. The molecule has 0 aromatic heterocycles. The molecule has 3 rings (SSSR count). The summed E-state index contributed by atoms with van der Waals surface area (Å²) >= 11 is 0. The zero-order valence-corrected chi connectivity index (χ0v) is 15.3. The van der Waals surface area contributed by atoms with Crippen molar-refractivity contribution in [2.24, 2.45) is 11.8 Å². The summed E-state index contributed by atoms with van der Waals surface area (Å²) in [5.41, 5.74) is 0.926. The highest BCUT2D eigenvalue weighted by Crippen LogP contribution is 2.37. The normalized spacial score (nSPS) is 27.8. The predicted octanol–water partition coefficient (Wildman–Crippen LogP) is 2.87. The second-order valence-electron chi connectivity index (χ2n) is 6.56. The van der Waals surface area contributed by atoms with Gasteiger partial charge in [0.15, 0.2) is 0 Å². The zero-order valence-electron chi connectivity index (χ0n) is 13.7. The van der Waals surface area contributed by atoms with Gasteiger partial charge in [-0.15, -0.1) is 24.8 Å². The maximum atomic E-state index is 11.3. The minimum atomic E-state index is -0.936. The number of hydrogen-bond donors (Lipinski definition) is 4. The molecule has 1 aliphatic heterocycles. The van der Waals surface area contributed by atoms with Crippen LogP contribution < -0.4 is 10.6 Å². The molecule has 1 aromatic rings. The Morgan fingerprint density at radius 1 is 1.04 bits per heavy atom. The third kappa shape index (κ3) is 5.00. The molecule has 1 saturated carbocycles. The number of halogens is 2. The van der Waals surface area contributed by atoms with E-state index in [4.69, 9.17) is 0 Å². The minimum Gasteiger partial charge on any atom is -0.480 e. The number of hydrogen-bond acceptors (Lipinski definition) is 4. The number of fused-ring (bicyclic) bond motifs is 1. The van der Waals surface area contributed by atoms with Crippen LogP contribution in [0.1, 0.15) is 36.0 Å². The Morgan fingerprint density at radius 2 is 1.76 bits per heavy atom. The summed E-state index contributed by atoms with van der Waals surface area (Å²) in [4.78, 5) is 22.5. The first-order valence-electron chi connectivity index (χ1n) is 8.09. The lowest BCUT2D eigenvalue weighted by atomic mass is 9.72. The number of carboxylic acid groups (broad SMARTS) is 2. The Bertz CT molecular complexity index is 614. The van der Waals surface area contributed by atoms with Crippen LogP contribution in [0.15, 0.2) is 24.3 Å². The number of carboxylic acids is 2. The number of aromatic carboxylic acids is 1. The van der Waals surface area contributed by atoms with Crippen molar-refractivity contribution in [3.05, 3.63) is 29.8 Å². The van der Waals surface area contributed by atoms with E-state index in [1.54, 1.807) is 18.2 Å². The molecular weight excluding hydrogens is 367 g/mol. The molecule has 1 heterocycles. The third-order valence-electron chi connectivity index (χ3n) is 5.12. The summed E-state index contributed by atoms with van der Waals surface area (Å²) in [7, 11) is 0. The average Bonchev–Trinajstić information content (AvgIpc) is 2.54. The van der Waals surface area contributed by atoms with Crippen LogP contribution in [-0.4, -0.2) is 40.8 Å². The van der Waals surface area contributed by atoms with E-state index >= 15 is 0 Å². The number of rotatable bonds is 4. The lowest BCUT2D eigenvalue weighted by Crippen LogP contribution is -2.50. The molecule has 4 unspecified atom stereocenters. The summed E-state index contributed by atoms with van der Waals surface area (Å²) in [6.45, 7) is 0.764. The van der Waals surface area contributed by atoms with Crippen LogP contribution in [0.5, 0.6) is 0 Å². The summed E-state index contributed by atoms with van der Waals surface area (Å²) < 4.78 is 0. The van der Waals surface area contributed by atoms with Crippen LogP contribution in [0.25, 0.3) is 0 Å². The maximum absolute atomic E-state index is 11.3. The molecule has 0 radical (unpaired) electrons. The van der Waals surface area contributed by atoms with Crippen molar-refractivity contribution in [1.82, 2.24) is 5.32 Å². The van der Waals surface area contributed by atoms with Gasteiger partial charge >= 0.3 is 11.9 Å². The Hall–Kier alpha value is -1.50. The number of piperidine rings is 1. The monoisotopic (exact) mass is 390 g/mol. The van der Waals surface area contributed by atoms with Gasteiger partial charge in [0.2, 0.25) is 0 Å². The summed E-state index contributed by atoms with van der Waals surface area (Å²) in [6, 6.07) is 6.67. The Kier molecular flexibility index (Phi) is 7.99. The van der Waals surface area contributed by atoms with Crippen molar-refractivity contribution in [3.63, 3.8) is 0 Å². The molecule has 2 aliphatic rings. The van der Waals surface area contributed by atoms with E-state index in [1.807, 2.05) is 6.07 Å². The van der Waals surface area contributed by atoms with E-state index in [1.165, 1.54) is 0 Å². The smallest absolute Gasteiger partial charge is 0.337 e. The van der Waals surface area contributed by atoms with Crippen molar-refractivity contribution in [2.45, 2.75) is 37.8 Å². The molecule has 4 N–H and O–H groups in total. The first kappa shape index (κ1) is 21.5. The highest BCUT2D eigenvalue weighted by molar-refractivity contribution is 5.94. The lowest BCUT2D eigenvalue weighted by Gasteiger charge is -2.42. The van der Waals surface area contributed by atoms with Crippen molar-refractivity contribution in [1.29, 1.82) is 0 Å². The first-order valence-corrected chi connectivity index (χ1v) is 8.09. The number of benzene rings is 1. The van der Waals surface area contributed by atoms with Gasteiger partial charge in [-0.05, 0) is 56.2 Å². The van der Waals surface area contributed by atoms with Crippen LogP contribution in [-0.2, 0) is 4.79 Å². The molecule has 8 heteroatoms. The van der Waals surface area contributed by atoms with Crippen LogP contribution in [0.3, 0.4) is 0 Å². The van der Waals surface area contributed by atoms with E-state index < -0.39 is 18.0 Å². The van der Waals surface area contributed by atoms with E-state index in [9.17, 15) is 19.8 Å². The SMILES string of the molecule is Cl.Cl.O=C(O)c1ccccc1NC1CCC2CNC(C(=O)O)CC2C1. The molecular formula is C17H24Cl2N2O4. The van der Waals surface area contributed by atoms with Gasteiger partial charge in [0.25, 0.3) is 0 Å². The summed E-state index contributed by atoms with van der Waals surface area (Å²) in [6.07, 6.45) is 3.56. The molecule has 0 amide bonds. The molecule has 2 fully saturated rings. The van der Waals surface area contributed by atoms with Crippen molar-refractivity contribution < 1.29 is 19.8 Å². The maximum Gasteiger partial charge on any atom is 0.337 e. The lowest BCUT2D eigenvalue weighted by molar-refractivity contribution is -0.141. The Balaban J connectivity index is 0.00000156. The van der Waals surface area contributed by atoms with Gasteiger partial charge in [-0.2, -0.15) is 0 Å². The zero-order chi connectivity index (χ0) is 16.4. The average molecular weight is 391 g/mol. The molecule has 25 heavy (non-hydrogen) atoms. The van der Waals surface area contributed by atoms with Crippen LogP contribution in [0.4, 0.5) is 5.69 Å². The summed E-state index contributed by atoms with van der Waals surface area (Å²) in [5, 5.41) is 24.9. The van der Waals surface area contributed by atoms with Gasteiger partial charge < -0.3 is 20.8 Å². The fraction of sp³-hybridized carbons (Fsp3) is 0.529. The van der Waals surface area contributed by atoms with Gasteiger partial charge in [-0.1, -0.05) is 12.1 Å². The number of carbonyl (C=O) groups is 2. The number of anilines is 1. The highest BCUT2D eigenvalue weighted by Gasteiger charge is 2.37. The minimum absolute atomic E-state index is 0. The molecule has 140 valence electrons. The Morgan fingerprint density at radius 3 is 2.44 bits per heavy atom. The van der Waals surface area contributed by atoms with Gasteiger partial charge in [-0.25, -0.2) is 4.79 Å². The molecule has 1 aliphatic carbocycles. The second-order valence-corrected chi connectivity index (χ2v) is 6.56. The van der Waals surface area contributed by atoms with Crippen molar-refractivity contribution in [2.75, 3.05) is 11.9 Å². The molecule has 6 nitrogen and oxygen atoms in total. The van der Waals surface area contributed by atoms with E-state index in [0.29, 0.717) is 23.9 Å². The van der Waals surface area contributed by atoms with Crippen LogP contribution >= 0.6 is 24.8 Å². The molecule has 1 saturated heterocycles. The topological polar surface area (TPSA) is 98.7 Å². The van der Waals surface area contributed by atoms with E-state index in [-0.39, 0.29) is 36.4 Å². The molecule has 0 bridgehead atoms. The largest absolute Gasteiger partial charge is 0.480 e. The van der Waals surface area contributed by atoms with Gasteiger partial charge in [0.1, 0.15) is 6.04 Å². The molecule has 1 aromatic carbocycles. The van der Waals surface area contributed by atoms with Crippen molar-refractivity contribution in [3.8, 4) is 0 Å². The predicted molar refractivity (Wildman–Crippen MR) is 100 cm³/mol. The van der Waals surface area contributed by atoms with Crippen molar-refractivity contribution >= 4 is 42.4 Å². The number of aliphatic carboxylic acids is 1. The van der Waals surface area contributed by atoms with Crippen LogP contribution in [0, 0.1) is 11.8 Å². The van der Waals surface area contributed by atoms with Gasteiger partial charge in [0, 0.05) is 11.7 Å². The molecule has 4 atom stereocenters. The van der Waals surface area contributed by atoms with Gasteiger partial charge in [0.05, 0.1) is 5.56 Å².